The van der Waals surface area contributed by atoms with E-state index in [0.717, 1.165) is 25.1 Å². The van der Waals surface area contributed by atoms with E-state index in [0.29, 0.717) is 10.9 Å². The van der Waals surface area contributed by atoms with Crippen LogP contribution in [-0.2, 0) is 6.42 Å². The molecular formula is C14H20BrF2NS. The summed E-state index contributed by atoms with van der Waals surface area (Å²) in [6.07, 6.45) is 4.35. The summed E-state index contributed by atoms with van der Waals surface area (Å²) in [6.45, 7) is 2.95. The summed E-state index contributed by atoms with van der Waals surface area (Å²) in [5.41, 5.74) is 0.170. The highest BCUT2D eigenvalue weighted by Crippen LogP contribution is 2.23. The molecule has 0 radical (unpaired) electrons. The molecule has 0 aromatic heterocycles. The second kappa shape index (κ2) is 8.93. The Labute approximate surface area is 126 Å². The van der Waals surface area contributed by atoms with Gasteiger partial charge >= 0.3 is 0 Å². The average Bonchev–Trinajstić information content (AvgIpc) is 2.41. The number of benzene rings is 1. The van der Waals surface area contributed by atoms with E-state index in [1.54, 1.807) is 11.8 Å². The lowest BCUT2D eigenvalue weighted by molar-refractivity contribution is 0.468. The van der Waals surface area contributed by atoms with Crippen molar-refractivity contribution < 1.29 is 8.78 Å². The van der Waals surface area contributed by atoms with Crippen LogP contribution >= 0.6 is 27.7 Å². The number of hydrogen-bond donors (Lipinski definition) is 1. The van der Waals surface area contributed by atoms with Crippen molar-refractivity contribution >= 4 is 27.7 Å². The van der Waals surface area contributed by atoms with Gasteiger partial charge in [0.15, 0.2) is 0 Å². The van der Waals surface area contributed by atoms with Crippen LogP contribution in [0.4, 0.5) is 8.78 Å². The van der Waals surface area contributed by atoms with Crippen molar-refractivity contribution in [1.82, 2.24) is 5.32 Å². The molecule has 0 aliphatic heterocycles. The second-order valence-electron chi connectivity index (χ2n) is 4.46. The molecule has 108 valence electrons. The average molecular weight is 352 g/mol. The molecule has 19 heavy (non-hydrogen) atoms. The Hall–Kier alpha value is -0.130. The molecule has 0 saturated heterocycles. The lowest BCUT2D eigenvalue weighted by atomic mass is 10.0. The number of nitrogens with one attached hydrogen (secondary N) is 1. The van der Waals surface area contributed by atoms with E-state index in [9.17, 15) is 8.78 Å². The van der Waals surface area contributed by atoms with Crippen LogP contribution in [0.1, 0.15) is 25.3 Å². The van der Waals surface area contributed by atoms with Crippen LogP contribution in [0.5, 0.6) is 0 Å². The molecular weight excluding hydrogens is 332 g/mol. The molecule has 0 aliphatic carbocycles. The highest BCUT2D eigenvalue weighted by Gasteiger charge is 2.17. The van der Waals surface area contributed by atoms with Gasteiger partial charge in [0, 0.05) is 11.6 Å². The topological polar surface area (TPSA) is 12.0 Å². The van der Waals surface area contributed by atoms with Crippen molar-refractivity contribution in [3.63, 3.8) is 0 Å². The van der Waals surface area contributed by atoms with E-state index in [-0.39, 0.29) is 11.6 Å². The number of thioether (sulfide) groups is 1. The molecule has 5 heteroatoms. The van der Waals surface area contributed by atoms with Gasteiger partial charge in [-0.2, -0.15) is 11.8 Å². The zero-order chi connectivity index (χ0) is 14.3. The maximum atomic E-state index is 13.9. The van der Waals surface area contributed by atoms with Crippen LogP contribution in [0.3, 0.4) is 0 Å². The fraction of sp³-hybridized carbons (Fsp3) is 0.571. The van der Waals surface area contributed by atoms with E-state index in [1.165, 1.54) is 12.1 Å². The Bertz CT molecular complexity index is 393. The molecule has 0 spiro atoms. The predicted octanol–water partition coefficient (Wildman–Crippen LogP) is 4.39. The third-order valence-electron chi connectivity index (χ3n) is 2.94. The molecule has 0 saturated carbocycles. The van der Waals surface area contributed by atoms with Gasteiger partial charge in [0.1, 0.15) is 11.6 Å². The van der Waals surface area contributed by atoms with Crippen molar-refractivity contribution in [1.29, 1.82) is 0 Å². The monoisotopic (exact) mass is 351 g/mol. The molecule has 1 aromatic carbocycles. The van der Waals surface area contributed by atoms with Gasteiger partial charge in [0.05, 0.1) is 4.47 Å². The Morgan fingerprint density at radius 3 is 2.74 bits per heavy atom. The van der Waals surface area contributed by atoms with Crippen LogP contribution in [0.15, 0.2) is 16.6 Å². The number of rotatable bonds is 8. The molecule has 1 unspecified atom stereocenters. The van der Waals surface area contributed by atoms with Crippen molar-refractivity contribution in [3.05, 3.63) is 33.8 Å². The SMILES string of the molecule is CCCNC(CCSC)Cc1c(F)ccc(Br)c1F. The molecule has 1 atom stereocenters. The molecule has 1 rings (SSSR count). The fourth-order valence-corrected chi connectivity index (χ4v) is 2.78. The van der Waals surface area contributed by atoms with Gasteiger partial charge in [0.2, 0.25) is 0 Å². The van der Waals surface area contributed by atoms with Crippen molar-refractivity contribution in [2.45, 2.75) is 32.2 Å². The standard InChI is InChI=1S/C14H20BrF2NS/c1-3-7-18-10(6-8-19-2)9-11-13(16)5-4-12(15)14(11)17/h4-5,10,18H,3,6-9H2,1-2H3. The summed E-state index contributed by atoms with van der Waals surface area (Å²) >= 11 is 4.86. The van der Waals surface area contributed by atoms with E-state index in [2.05, 4.69) is 28.2 Å². The first kappa shape index (κ1) is 16.9. The predicted molar refractivity (Wildman–Crippen MR) is 82.8 cm³/mol. The van der Waals surface area contributed by atoms with E-state index in [4.69, 9.17) is 0 Å². The molecule has 0 fully saturated rings. The summed E-state index contributed by atoms with van der Waals surface area (Å²) in [5.74, 6) is 0.0409. The minimum atomic E-state index is -0.479. The first-order valence-electron chi connectivity index (χ1n) is 6.44. The summed E-state index contributed by atoms with van der Waals surface area (Å²) < 4.78 is 28.0. The van der Waals surface area contributed by atoms with Crippen LogP contribution < -0.4 is 5.32 Å². The highest BCUT2D eigenvalue weighted by molar-refractivity contribution is 9.10. The van der Waals surface area contributed by atoms with E-state index >= 15 is 0 Å². The lowest BCUT2D eigenvalue weighted by Gasteiger charge is -2.19. The van der Waals surface area contributed by atoms with Gasteiger partial charge in [-0.05, 0) is 65.9 Å². The summed E-state index contributed by atoms with van der Waals surface area (Å²) in [5, 5.41) is 3.36. The van der Waals surface area contributed by atoms with Crippen LogP contribution in [0.25, 0.3) is 0 Å². The summed E-state index contributed by atoms with van der Waals surface area (Å²) in [6, 6.07) is 2.84. The van der Waals surface area contributed by atoms with Gasteiger partial charge in [-0.1, -0.05) is 6.92 Å². The fourth-order valence-electron chi connectivity index (χ4n) is 1.89. The maximum absolute atomic E-state index is 13.9. The molecule has 0 amide bonds. The first-order chi connectivity index (χ1) is 9.10. The summed E-state index contributed by atoms with van der Waals surface area (Å²) in [4.78, 5) is 0. The van der Waals surface area contributed by atoms with Crippen LogP contribution in [0, 0.1) is 11.6 Å². The van der Waals surface area contributed by atoms with Gasteiger partial charge in [-0.25, -0.2) is 8.78 Å². The van der Waals surface area contributed by atoms with Crippen LogP contribution in [-0.4, -0.2) is 24.6 Å². The zero-order valence-electron chi connectivity index (χ0n) is 11.3. The Morgan fingerprint density at radius 2 is 2.11 bits per heavy atom. The Balaban J connectivity index is 2.79. The minimum Gasteiger partial charge on any atom is -0.314 e. The van der Waals surface area contributed by atoms with Gasteiger partial charge < -0.3 is 5.32 Å². The zero-order valence-corrected chi connectivity index (χ0v) is 13.7. The maximum Gasteiger partial charge on any atom is 0.143 e. The van der Waals surface area contributed by atoms with Gasteiger partial charge in [-0.15, -0.1) is 0 Å². The Kier molecular flexibility index (Phi) is 7.95. The number of hydrogen-bond acceptors (Lipinski definition) is 2. The molecule has 1 aromatic rings. The lowest BCUT2D eigenvalue weighted by Crippen LogP contribution is -2.33. The highest BCUT2D eigenvalue weighted by atomic mass is 79.9. The largest absolute Gasteiger partial charge is 0.314 e. The third-order valence-corrected chi connectivity index (χ3v) is 4.20. The Morgan fingerprint density at radius 1 is 1.37 bits per heavy atom. The third kappa shape index (κ3) is 5.40. The first-order valence-corrected chi connectivity index (χ1v) is 8.63. The molecule has 0 bridgehead atoms. The van der Waals surface area contributed by atoms with Gasteiger partial charge in [0.25, 0.3) is 0 Å². The van der Waals surface area contributed by atoms with E-state index in [1.807, 2.05) is 6.26 Å². The number of halogens is 3. The van der Waals surface area contributed by atoms with Crippen molar-refractivity contribution in [2.75, 3.05) is 18.6 Å². The van der Waals surface area contributed by atoms with Crippen molar-refractivity contribution in [2.24, 2.45) is 0 Å². The molecule has 1 N–H and O–H groups in total. The van der Waals surface area contributed by atoms with Gasteiger partial charge in [-0.3, -0.25) is 0 Å². The van der Waals surface area contributed by atoms with Crippen molar-refractivity contribution in [3.8, 4) is 0 Å². The smallest absolute Gasteiger partial charge is 0.143 e. The van der Waals surface area contributed by atoms with E-state index < -0.39 is 11.6 Å². The second-order valence-corrected chi connectivity index (χ2v) is 6.30. The molecule has 0 aliphatic rings. The molecule has 0 heterocycles. The van der Waals surface area contributed by atoms with Crippen LogP contribution in [0.2, 0.25) is 0 Å². The normalized spacial score (nSPS) is 12.7. The minimum absolute atomic E-state index is 0.116. The molecule has 1 nitrogen and oxygen atoms in total. The quantitative estimate of drug-likeness (QED) is 0.697. The summed E-state index contributed by atoms with van der Waals surface area (Å²) in [7, 11) is 0.